The van der Waals surface area contributed by atoms with E-state index >= 15 is 0 Å². The number of carbonyl (C=O) groups excluding carboxylic acids is 1. The summed E-state index contributed by atoms with van der Waals surface area (Å²) in [5.41, 5.74) is 0.516. The number of anilines is 1. The van der Waals surface area contributed by atoms with E-state index in [0.717, 1.165) is 16.6 Å². The van der Waals surface area contributed by atoms with Gasteiger partial charge in [0.2, 0.25) is 0 Å². The third-order valence-electron chi connectivity index (χ3n) is 3.83. The minimum Gasteiger partial charge on any atom is -0.487 e. The summed E-state index contributed by atoms with van der Waals surface area (Å²) >= 11 is 0.706. The minimum atomic E-state index is -4.55. The number of hydrogen-bond donors (Lipinski definition) is 2. The van der Waals surface area contributed by atoms with Crippen LogP contribution in [-0.2, 0) is 12.8 Å². The SMILES string of the molecule is CC(NC(=O)Nc1nc(C(F)(F)F)cs1)c1cccc(OCc2ccccn2)c1. The van der Waals surface area contributed by atoms with E-state index in [9.17, 15) is 18.0 Å². The molecule has 2 aromatic heterocycles. The third kappa shape index (κ3) is 5.92. The van der Waals surface area contributed by atoms with E-state index in [-0.39, 0.29) is 5.13 Å². The van der Waals surface area contributed by atoms with Crippen molar-refractivity contribution in [2.45, 2.75) is 25.7 Å². The number of aromatic nitrogens is 2. The Morgan fingerprint density at radius 2 is 2.07 bits per heavy atom. The van der Waals surface area contributed by atoms with Gasteiger partial charge in [0.1, 0.15) is 12.4 Å². The molecule has 1 unspecified atom stereocenters. The fraction of sp³-hybridized carbons (Fsp3) is 0.211. The third-order valence-corrected chi connectivity index (χ3v) is 4.59. The zero-order valence-corrected chi connectivity index (χ0v) is 16.1. The number of carbonyl (C=O) groups is 1. The van der Waals surface area contributed by atoms with Gasteiger partial charge in [-0.25, -0.2) is 9.78 Å². The molecular weight excluding hydrogens is 405 g/mol. The molecule has 2 N–H and O–H groups in total. The van der Waals surface area contributed by atoms with Gasteiger partial charge in [0.15, 0.2) is 10.8 Å². The summed E-state index contributed by atoms with van der Waals surface area (Å²) in [5.74, 6) is 0.608. The lowest BCUT2D eigenvalue weighted by Crippen LogP contribution is -2.31. The normalized spacial score (nSPS) is 12.3. The van der Waals surface area contributed by atoms with Crippen LogP contribution in [0.5, 0.6) is 5.75 Å². The molecule has 0 fully saturated rings. The molecule has 0 saturated heterocycles. The number of thiazole rings is 1. The molecule has 152 valence electrons. The van der Waals surface area contributed by atoms with Crippen molar-refractivity contribution in [3.8, 4) is 5.75 Å². The Labute approximate surface area is 168 Å². The van der Waals surface area contributed by atoms with E-state index in [0.29, 0.717) is 23.7 Å². The Hall–Kier alpha value is -3.14. The van der Waals surface area contributed by atoms with Crippen LogP contribution in [0.1, 0.15) is 29.9 Å². The summed E-state index contributed by atoms with van der Waals surface area (Å²) in [7, 11) is 0. The molecule has 3 rings (SSSR count). The van der Waals surface area contributed by atoms with E-state index in [2.05, 4.69) is 20.6 Å². The number of pyridine rings is 1. The number of benzene rings is 1. The van der Waals surface area contributed by atoms with Crippen LogP contribution in [0.25, 0.3) is 0 Å². The van der Waals surface area contributed by atoms with Crippen molar-refractivity contribution >= 4 is 22.5 Å². The van der Waals surface area contributed by atoms with Gasteiger partial charge in [-0.2, -0.15) is 13.2 Å². The van der Waals surface area contributed by atoms with Crippen molar-refractivity contribution in [2.75, 3.05) is 5.32 Å². The number of nitrogens with one attached hydrogen (secondary N) is 2. The van der Waals surface area contributed by atoms with Crippen LogP contribution in [0, 0.1) is 0 Å². The number of halogens is 3. The first-order valence-electron chi connectivity index (χ1n) is 8.54. The fourth-order valence-electron chi connectivity index (χ4n) is 2.39. The smallest absolute Gasteiger partial charge is 0.434 e. The average molecular weight is 422 g/mol. The standard InChI is InChI=1S/C19H17F3N4O2S/c1-12(24-17(27)26-18-25-16(11-29-18)19(20,21)22)13-5-4-7-15(9-13)28-10-14-6-2-3-8-23-14/h2-9,11-12H,10H2,1H3,(H2,24,25,26,27). The molecule has 0 aliphatic heterocycles. The van der Waals surface area contributed by atoms with Crippen LogP contribution in [0.4, 0.5) is 23.1 Å². The van der Waals surface area contributed by atoms with Crippen molar-refractivity contribution in [3.63, 3.8) is 0 Å². The topological polar surface area (TPSA) is 76.1 Å². The molecule has 0 radical (unpaired) electrons. The summed E-state index contributed by atoms with van der Waals surface area (Å²) in [5, 5.41) is 5.69. The summed E-state index contributed by atoms with van der Waals surface area (Å²) < 4.78 is 43.5. The van der Waals surface area contributed by atoms with Crippen LogP contribution in [-0.4, -0.2) is 16.0 Å². The van der Waals surface area contributed by atoms with E-state index in [1.165, 1.54) is 0 Å². The first-order chi connectivity index (χ1) is 13.8. The first kappa shape index (κ1) is 20.6. The molecule has 0 saturated carbocycles. The molecule has 0 bridgehead atoms. The summed E-state index contributed by atoms with van der Waals surface area (Å²) in [6.07, 6.45) is -2.87. The number of urea groups is 1. The van der Waals surface area contributed by atoms with Crippen LogP contribution >= 0.6 is 11.3 Å². The van der Waals surface area contributed by atoms with Crippen molar-refractivity contribution in [1.82, 2.24) is 15.3 Å². The highest BCUT2D eigenvalue weighted by Gasteiger charge is 2.33. The molecule has 0 aliphatic rings. The van der Waals surface area contributed by atoms with Crippen molar-refractivity contribution in [2.24, 2.45) is 0 Å². The van der Waals surface area contributed by atoms with E-state index in [1.54, 1.807) is 31.3 Å². The Bertz CT molecular complexity index is 963. The van der Waals surface area contributed by atoms with Gasteiger partial charge in [-0.05, 0) is 36.8 Å². The quantitative estimate of drug-likeness (QED) is 0.585. The summed E-state index contributed by atoms with van der Waals surface area (Å²) in [6.45, 7) is 2.05. The number of nitrogens with zero attached hydrogens (tertiary/aromatic N) is 2. The van der Waals surface area contributed by atoms with Gasteiger partial charge in [0, 0.05) is 11.6 Å². The van der Waals surface area contributed by atoms with E-state index in [4.69, 9.17) is 4.74 Å². The van der Waals surface area contributed by atoms with Crippen molar-refractivity contribution < 1.29 is 22.7 Å². The highest BCUT2D eigenvalue weighted by Crippen LogP contribution is 2.31. The molecule has 1 atom stereocenters. The molecule has 0 aliphatic carbocycles. The van der Waals surface area contributed by atoms with Crippen LogP contribution in [0.3, 0.4) is 0 Å². The lowest BCUT2D eigenvalue weighted by molar-refractivity contribution is -0.140. The Kier molecular flexibility index (Phi) is 6.32. The number of ether oxygens (including phenoxy) is 1. The highest BCUT2D eigenvalue weighted by molar-refractivity contribution is 7.13. The number of rotatable bonds is 6. The molecule has 2 amide bonds. The monoisotopic (exact) mass is 422 g/mol. The molecule has 0 spiro atoms. The lowest BCUT2D eigenvalue weighted by atomic mass is 10.1. The highest BCUT2D eigenvalue weighted by atomic mass is 32.1. The van der Waals surface area contributed by atoms with Gasteiger partial charge in [-0.15, -0.1) is 11.3 Å². The maximum Gasteiger partial charge on any atom is 0.434 e. The van der Waals surface area contributed by atoms with Crippen LogP contribution < -0.4 is 15.4 Å². The fourth-order valence-corrected chi connectivity index (χ4v) is 3.10. The van der Waals surface area contributed by atoms with Gasteiger partial charge in [-0.3, -0.25) is 10.3 Å². The minimum absolute atomic E-state index is 0.130. The second-order valence-electron chi connectivity index (χ2n) is 6.04. The number of alkyl halides is 3. The van der Waals surface area contributed by atoms with E-state index in [1.807, 2.05) is 24.3 Å². The Morgan fingerprint density at radius 3 is 2.76 bits per heavy atom. The molecule has 1 aromatic carbocycles. The van der Waals surface area contributed by atoms with Crippen molar-refractivity contribution in [1.29, 1.82) is 0 Å². The second kappa shape index (κ2) is 8.91. The predicted molar refractivity (Wildman–Crippen MR) is 103 cm³/mol. The maximum absolute atomic E-state index is 12.6. The van der Waals surface area contributed by atoms with Crippen LogP contribution in [0.15, 0.2) is 54.0 Å². The van der Waals surface area contributed by atoms with Gasteiger partial charge in [-0.1, -0.05) is 18.2 Å². The zero-order chi connectivity index (χ0) is 20.9. The molecule has 3 aromatic rings. The number of amides is 2. The molecular formula is C19H17F3N4O2S. The zero-order valence-electron chi connectivity index (χ0n) is 15.2. The first-order valence-corrected chi connectivity index (χ1v) is 9.42. The van der Waals surface area contributed by atoms with Crippen LogP contribution in [0.2, 0.25) is 0 Å². The summed E-state index contributed by atoms with van der Waals surface area (Å²) in [6, 6.07) is 11.6. The van der Waals surface area contributed by atoms with Gasteiger partial charge >= 0.3 is 12.2 Å². The second-order valence-corrected chi connectivity index (χ2v) is 6.90. The van der Waals surface area contributed by atoms with E-state index < -0.39 is 23.9 Å². The molecule has 2 heterocycles. The Balaban J connectivity index is 1.56. The summed E-state index contributed by atoms with van der Waals surface area (Å²) in [4.78, 5) is 19.6. The Morgan fingerprint density at radius 1 is 1.24 bits per heavy atom. The number of hydrogen-bond acceptors (Lipinski definition) is 5. The molecule has 6 nitrogen and oxygen atoms in total. The van der Waals surface area contributed by atoms with Gasteiger partial charge in [0.05, 0.1) is 11.7 Å². The van der Waals surface area contributed by atoms with Gasteiger partial charge in [0.25, 0.3) is 0 Å². The molecule has 10 heteroatoms. The van der Waals surface area contributed by atoms with Crippen molar-refractivity contribution in [3.05, 3.63) is 71.0 Å². The molecule has 29 heavy (non-hydrogen) atoms. The lowest BCUT2D eigenvalue weighted by Gasteiger charge is -2.15. The van der Waals surface area contributed by atoms with Gasteiger partial charge < -0.3 is 10.1 Å². The average Bonchev–Trinajstić information content (AvgIpc) is 3.16. The largest absolute Gasteiger partial charge is 0.487 e. The predicted octanol–water partition coefficient (Wildman–Crippen LogP) is 5.02. The maximum atomic E-state index is 12.6.